The van der Waals surface area contributed by atoms with Gasteiger partial charge in [-0.3, -0.25) is 4.98 Å². The average Bonchev–Trinajstić information content (AvgIpc) is 2.15. The zero-order chi connectivity index (χ0) is 9.68. The van der Waals surface area contributed by atoms with E-state index in [1.54, 1.807) is 24.4 Å². The molecule has 1 rings (SSSR count). The quantitative estimate of drug-likeness (QED) is 0.563. The minimum absolute atomic E-state index is 0.00130. The van der Waals surface area contributed by atoms with Crippen LogP contribution in [0.15, 0.2) is 55.5 Å². The van der Waals surface area contributed by atoms with Crippen molar-refractivity contribution in [3.63, 3.8) is 0 Å². The summed E-state index contributed by atoms with van der Waals surface area (Å²) in [6, 6.07) is 5.47. The Hall–Kier alpha value is -1.83. The van der Waals surface area contributed by atoms with Gasteiger partial charge in [-0.05, 0) is 18.2 Å². The molecule has 0 aliphatic rings. The van der Waals surface area contributed by atoms with Crippen LogP contribution >= 0.6 is 0 Å². The third-order valence-electron chi connectivity index (χ3n) is 1.54. The predicted octanol–water partition coefficient (Wildman–Crippen LogP) is 2.72. The van der Waals surface area contributed by atoms with Crippen LogP contribution in [-0.2, 0) is 0 Å². The summed E-state index contributed by atoms with van der Waals surface area (Å²) < 4.78 is 0. The van der Waals surface area contributed by atoms with E-state index in [4.69, 9.17) is 0 Å². The first-order valence-electron chi connectivity index (χ1n) is 3.88. The lowest BCUT2D eigenvalue weighted by Crippen LogP contribution is -1.90. The molecule has 2 heteroatoms. The monoisotopic (exact) mass is 173 g/mol. The molecule has 0 spiro atoms. The lowest BCUT2D eigenvalue weighted by Gasteiger charge is -2.02. The molecule has 0 fully saturated rings. The van der Waals surface area contributed by atoms with E-state index in [0.717, 1.165) is 0 Å². The standard InChI is InChI=1S/C11H11NO/c1-3-6-10(9(2)13)11-7-4-5-8-12-11/h3-8,13H,1-2H2/b10-6+. The number of aliphatic hydroxyl groups is 1. The molecule has 0 saturated heterocycles. The topological polar surface area (TPSA) is 33.1 Å². The first-order valence-corrected chi connectivity index (χ1v) is 3.88. The van der Waals surface area contributed by atoms with Gasteiger partial charge in [-0.25, -0.2) is 0 Å². The molecule has 0 amide bonds. The van der Waals surface area contributed by atoms with Crippen molar-refractivity contribution in [2.24, 2.45) is 0 Å². The molecule has 0 aromatic carbocycles. The van der Waals surface area contributed by atoms with Gasteiger partial charge >= 0.3 is 0 Å². The number of aliphatic hydroxyl groups excluding tert-OH is 1. The van der Waals surface area contributed by atoms with Crippen molar-refractivity contribution < 1.29 is 5.11 Å². The summed E-state index contributed by atoms with van der Waals surface area (Å²) in [5, 5.41) is 9.25. The van der Waals surface area contributed by atoms with Crippen molar-refractivity contribution in [3.05, 3.63) is 61.2 Å². The molecule has 66 valence electrons. The summed E-state index contributed by atoms with van der Waals surface area (Å²) in [6.45, 7) is 7.00. The van der Waals surface area contributed by atoms with Gasteiger partial charge in [-0.2, -0.15) is 0 Å². The highest BCUT2D eigenvalue weighted by molar-refractivity contribution is 5.74. The summed E-state index contributed by atoms with van der Waals surface area (Å²) in [5.41, 5.74) is 1.28. The molecule has 1 aromatic rings. The van der Waals surface area contributed by atoms with Gasteiger partial charge in [0.2, 0.25) is 0 Å². The smallest absolute Gasteiger partial charge is 0.117 e. The van der Waals surface area contributed by atoms with E-state index in [2.05, 4.69) is 18.1 Å². The van der Waals surface area contributed by atoms with Gasteiger partial charge in [0.05, 0.1) is 5.69 Å². The predicted molar refractivity (Wildman–Crippen MR) is 54.2 cm³/mol. The molecule has 1 N–H and O–H groups in total. The summed E-state index contributed by atoms with van der Waals surface area (Å²) >= 11 is 0. The Labute approximate surface area is 77.6 Å². The number of pyridine rings is 1. The van der Waals surface area contributed by atoms with E-state index in [1.807, 2.05) is 12.1 Å². The number of allylic oxidation sites excluding steroid dienone is 3. The van der Waals surface area contributed by atoms with Crippen molar-refractivity contribution >= 4 is 5.57 Å². The maximum atomic E-state index is 9.25. The number of hydrogen-bond donors (Lipinski definition) is 1. The summed E-state index contributed by atoms with van der Waals surface area (Å²) in [5.74, 6) is -0.00130. The van der Waals surface area contributed by atoms with E-state index in [1.165, 1.54) is 0 Å². The van der Waals surface area contributed by atoms with Gasteiger partial charge in [0.1, 0.15) is 5.76 Å². The normalized spacial score (nSPS) is 10.9. The van der Waals surface area contributed by atoms with Crippen LogP contribution in [-0.4, -0.2) is 10.1 Å². The number of hydrogen-bond acceptors (Lipinski definition) is 2. The second kappa shape index (κ2) is 4.26. The first-order chi connectivity index (χ1) is 6.25. The van der Waals surface area contributed by atoms with Crippen molar-refractivity contribution in [2.75, 3.05) is 0 Å². The summed E-state index contributed by atoms with van der Waals surface area (Å²) in [6.07, 6.45) is 4.92. The van der Waals surface area contributed by atoms with Gasteiger partial charge in [0, 0.05) is 11.8 Å². The Bertz CT molecular complexity index is 338. The van der Waals surface area contributed by atoms with Crippen LogP contribution in [0.4, 0.5) is 0 Å². The van der Waals surface area contributed by atoms with Crippen molar-refractivity contribution in [1.29, 1.82) is 0 Å². The van der Waals surface area contributed by atoms with Gasteiger partial charge < -0.3 is 5.11 Å². The summed E-state index contributed by atoms with van der Waals surface area (Å²) in [4.78, 5) is 4.08. The van der Waals surface area contributed by atoms with Crippen molar-refractivity contribution in [1.82, 2.24) is 4.98 Å². The van der Waals surface area contributed by atoms with E-state index in [-0.39, 0.29) is 5.76 Å². The van der Waals surface area contributed by atoms with Crippen LogP contribution in [0.25, 0.3) is 5.57 Å². The van der Waals surface area contributed by atoms with Crippen LogP contribution in [0, 0.1) is 0 Å². The molecule has 1 heterocycles. The van der Waals surface area contributed by atoms with Crippen LogP contribution in [0.3, 0.4) is 0 Å². The SMILES string of the molecule is C=C/C=C(\C(=C)O)c1ccccn1. The van der Waals surface area contributed by atoms with Crippen LogP contribution < -0.4 is 0 Å². The molecule has 13 heavy (non-hydrogen) atoms. The van der Waals surface area contributed by atoms with Crippen LogP contribution in [0.2, 0.25) is 0 Å². The fourth-order valence-corrected chi connectivity index (χ4v) is 0.969. The third-order valence-corrected chi connectivity index (χ3v) is 1.54. The second-order valence-corrected chi connectivity index (χ2v) is 2.48. The molecule has 0 aliphatic carbocycles. The number of aromatic nitrogens is 1. The zero-order valence-corrected chi connectivity index (χ0v) is 7.27. The highest BCUT2D eigenvalue weighted by atomic mass is 16.3. The number of rotatable bonds is 3. The van der Waals surface area contributed by atoms with E-state index >= 15 is 0 Å². The largest absolute Gasteiger partial charge is 0.508 e. The Morgan fingerprint density at radius 2 is 2.23 bits per heavy atom. The van der Waals surface area contributed by atoms with Gasteiger partial charge in [-0.1, -0.05) is 25.3 Å². The molecule has 0 aliphatic heterocycles. The molecular formula is C11H11NO. The minimum atomic E-state index is -0.00130. The Kier molecular flexibility index (Phi) is 3.03. The maximum absolute atomic E-state index is 9.25. The highest BCUT2D eigenvalue weighted by Gasteiger charge is 2.03. The molecule has 1 aromatic heterocycles. The minimum Gasteiger partial charge on any atom is -0.508 e. The van der Waals surface area contributed by atoms with Gasteiger partial charge in [0.15, 0.2) is 0 Å². The van der Waals surface area contributed by atoms with Gasteiger partial charge in [0.25, 0.3) is 0 Å². The second-order valence-electron chi connectivity index (χ2n) is 2.48. The Balaban J connectivity index is 3.10. The van der Waals surface area contributed by atoms with Crippen LogP contribution in [0.1, 0.15) is 5.69 Å². The summed E-state index contributed by atoms with van der Waals surface area (Å²) in [7, 11) is 0. The van der Waals surface area contributed by atoms with E-state index in [0.29, 0.717) is 11.3 Å². The molecule has 0 atom stereocenters. The fraction of sp³-hybridized carbons (Fsp3) is 0. The fourth-order valence-electron chi connectivity index (χ4n) is 0.969. The Morgan fingerprint density at radius 1 is 1.46 bits per heavy atom. The molecule has 0 unspecified atom stereocenters. The lowest BCUT2D eigenvalue weighted by molar-refractivity contribution is 0.440. The zero-order valence-electron chi connectivity index (χ0n) is 7.27. The van der Waals surface area contributed by atoms with Crippen molar-refractivity contribution in [2.45, 2.75) is 0 Å². The molecule has 0 saturated carbocycles. The van der Waals surface area contributed by atoms with Crippen molar-refractivity contribution in [3.8, 4) is 0 Å². The van der Waals surface area contributed by atoms with Crippen LogP contribution in [0.5, 0.6) is 0 Å². The average molecular weight is 173 g/mol. The molecule has 2 nitrogen and oxygen atoms in total. The molecule has 0 radical (unpaired) electrons. The van der Waals surface area contributed by atoms with Gasteiger partial charge in [-0.15, -0.1) is 0 Å². The number of nitrogens with zero attached hydrogens (tertiary/aromatic N) is 1. The third kappa shape index (κ3) is 2.30. The first kappa shape index (κ1) is 9.26. The molecule has 0 bridgehead atoms. The lowest BCUT2D eigenvalue weighted by atomic mass is 10.1. The van der Waals surface area contributed by atoms with E-state index in [9.17, 15) is 5.11 Å². The highest BCUT2D eigenvalue weighted by Crippen LogP contribution is 2.17. The van der Waals surface area contributed by atoms with E-state index < -0.39 is 0 Å². The maximum Gasteiger partial charge on any atom is 0.117 e. The molecular weight excluding hydrogens is 162 g/mol. The Morgan fingerprint density at radius 3 is 2.69 bits per heavy atom.